The molecule has 0 fully saturated rings. The second kappa shape index (κ2) is 14.4. The van der Waals surface area contributed by atoms with E-state index in [1.807, 2.05) is 80.6 Å². The van der Waals surface area contributed by atoms with Gasteiger partial charge >= 0.3 is 0 Å². The van der Waals surface area contributed by atoms with Crippen molar-refractivity contribution in [1.29, 1.82) is 10.7 Å². The number of allylic oxidation sites excluding steroid dienone is 6. The highest BCUT2D eigenvalue weighted by atomic mass is 15.0. The lowest BCUT2D eigenvalue weighted by atomic mass is 9.94. The number of hydrogen-bond acceptors (Lipinski definition) is 3. The van der Waals surface area contributed by atoms with Crippen LogP contribution in [0.3, 0.4) is 0 Å². The quantitative estimate of drug-likeness (QED) is 0.153. The van der Waals surface area contributed by atoms with Crippen LogP contribution in [0.25, 0.3) is 67.5 Å². The summed E-state index contributed by atoms with van der Waals surface area (Å²) >= 11 is 0. The summed E-state index contributed by atoms with van der Waals surface area (Å²) in [5, 5.41) is 19.8. The highest BCUT2D eigenvalue weighted by Gasteiger charge is 2.22. The van der Waals surface area contributed by atoms with E-state index in [2.05, 4.69) is 108 Å². The molecule has 4 heteroatoms. The fourth-order valence-electron chi connectivity index (χ4n) is 7.55. The van der Waals surface area contributed by atoms with Crippen LogP contribution >= 0.6 is 0 Å². The average molecular weight is 693 g/mol. The van der Waals surface area contributed by atoms with Gasteiger partial charge < -0.3 is 9.98 Å². The van der Waals surface area contributed by atoms with Gasteiger partial charge in [0.05, 0.1) is 33.9 Å². The Hall–Kier alpha value is -7.27. The predicted molar refractivity (Wildman–Crippen MR) is 223 cm³/mol. The van der Waals surface area contributed by atoms with Gasteiger partial charge in [-0.3, -0.25) is 0 Å². The van der Waals surface area contributed by atoms with Crippen LogP contribution in [0.2, 0.25) is 0 Å². The average Bonchev–Trinajstić information content (AvgIpc) is 3.77. The molecular weight excluding hydrogens is 657 g/mol. The highest BCUT2D eigenvalue weighted by Crippen LogP contribution is 2.40. The zero-order valence-electron chi connectivity index (χ0n) is 30.2. The Labute approximate surface area is 316 Å². The van der Waals surface area contributed by atoms with Gasteiger partial charge in [0.15, 0.2) is 0 Å². The van der Waals surface area contributed by atoms with Crippen LogP contribution in [0.5, 0.6) is 0 Å². The number of aryl methyl sites for hydroxylation is 1. The maximum absolute atomic E-state index is 10.2. The summed E-state index contributed by atoms with van der Waals surface area (Å²) in [4.78, 5) is 5.14. The molecule has 1 aliphatic carbocycles. The van der Waals surface area contributed by atoms with Crippen LogP contribution in [-0.2, 0) is 6.42 Å². The van der Waals surface area contributed by atoms with E-state index >= 15 is 0 Å². The van der Waals surface area contributed by atoms with E-state index in [0.717, 1.165) is 90.2 Å². The van der Waals surface area contributed by atoms with Crippen LogP contribution in [-0.4, -0.2) is 15.8 Å². The van der Waals surface area contributed by atoms with Gasteiger partial charge in [-0.05, 0) is 120 Å². The topological polar surface area (TPSA) is 65.5 Å². The SMILES string of the molecule is C=CC1=C(/C=C\C)Cc2c1cccc2/C(C=N)=C/c1cc2c#cccc2n1-c1cc(-c2cccc(-c3ccccc3)n2)cc(-c2cc(C)ccc2C#N)c1. The second-order valence-electron chi connectivity index (χ2n) is 13.4. The fourth-order valence-corrected chi connectivity index (χ4v) is 7.55. The fraction of sp³-hybridized carbons (Fsp3) is 0.0600. The van der Waals surface area contributed by atoms with Gasteiger partial charge in [0.2, 0.25) is 0 Å². The van der Waals surface area contributed by atoms with Gasteiger partial charge in [0.1, 0.15) is 0 Å². The van der Waals surface area contributed by atoms with E-state index in [0.29, 0.717) is 5.56 Å². The number of nitrogens with one attached hydrogen (secondary N) is 1. The van der Waals surface area contributed by atoms with Crippen molar-refractivity contribution in [1.82, 2.24) is 9.55 Å². The molecule has 0 unspecified atom stereocenters. The Morgan fingerprint density at radius 3 is 2.44 bits per heavy atom. The predicted octanol–water partition coefficient (Wildman–Crippen LogP) is 12.1. The molecule has 2 heterocycles. The molecule has 5 aromatic carbocycles. The molecule has 0 saturated heterocycles. The number of pyridine rings is 1. The Kier molecular flexibility index (Phi) is 9.02. The minimum atomic E-state index is 0.601. The number of hydrogen-bond donors (Lipinski definition) is 1. The number of nitrogens with zero attached hydrogens (tertiary/aromatic N) is 3. The molecule has 1 aliphatic rings. The number of nitriles is 1. The van der Waals surface area contributed by atoms with Crippen LogP contribution in [0, 0.1) is 35.8 Å². The van der Waals surface area contributed by atoms with Gasteiger partial charge in [-0.15, -0.1) is 0 Å². The maximum atomic E-state index is 10.2. The molecule has 0 aliphatic heterocycles. The molecule has 7 aromatic rings. The first-order valence-corrected chi connectivity index (χ1v) is 18.0. The summed E-state index contributed by atoms with van der Waals surface area (Å²) in [6.45, 7) is 8.19. The minimum Gasteiger partial charge on any atom is -0.309 e. The normalized spacial score (nSPS) is 12.5. The third kappa shape index (κ3) is 6.17. The molecule has 0 amide bonds. The Balaban J connectivity index is 1.36. The smallest absolute Gasteiger partial charge is 0.0998 e. The van der Waals surface area contributed by atoms with E-state index in [1.165, 1.54) is 17.4 Å². The van der Waals surface area contributed by atoms with Crippen molar-refractivity contribution < 1.29 is 0 Å². The Morgan fingerprint density at radius 1 is 0.870 bits per heavy atom. The molecule has 0 atom stereocenters. The summed E-state index contributed by atoms with van der Waals surface area (Å²) in [7, 11) is 0. The van der Waals surface area contributed by atoms with Crippen LogP contribution < -0.4 is 0 Å². The molecule has 0 bridgehead atoms. The van der Waals surface area contributed by atoms with Gasteiger partial charge in [0.25, 0.3) is 0 Å². The first kappa shape index (κ1) is 33.9. The zero-order valence-corrected chi connectivity index (χ0v) is 30.2. The third-order valence-electron chi connectivity index (χ3n) is 10.0. The Morgan fingerprint density at radius 2 is 1.67 bits per heavy atom. The van der Waals surface area contributed by atoms with Crippen LogP contribution in [0.15, 0.2) is 152 Å². The molecule has 0 saturated carbocycles. The minimum absolute atomic E-state index is 0.601. The molecule has 4 nitrogen and oxygen atoms in total. The lowest BCUT2D eigenvalue weighted by molar-refractivity contribution is 1.11. The molecule has 0 radical (unpaired) electrons. The standard InChI is InChI=1S/C50H36N4/c1-4-13-35-30-47-44(17-11-18-45(47)43(35)5-2)40(32-52)29-41-26-36-16-9-10-21-50(36)54(41)42-27-38(46-24-33(3)22-23-37(46)31-51)25-39(28-42)49-20-12-19-48(53-49)34-14-7-6-8-15-34/h4-8,10-15,17-29,32,52H,2,30H2,1,3H3/b13-4-,40-29+,52-32?. The molecule has 2 aromatic heterocycles. The van der Waals surface area contributed by atoms with Crippen molar-refractivity contribution >= 4 is 34.3 Å². The van der Waals surface area contributed by atoms with E-state index in [-0.39, 0.29) is 0 Å². The third-order valence-corrected chi connectivity index (χ3v) is 10.0. The molecule has 8 rings (SSSR count). The van der Waals surface area contributed by atoms with Crippen molar-refractivity contribution in [3.63, 3.8) is 0 Å². The summed E-state index contributed by atoms with van der Waals surface area (Å²) in [6, 6.07) is 49.8. The highest BCUT2D eigenvalue weighted by molar-refractivity contribution is 6.16. The lowest BCUT2D eigenvalue weighted by Crippen LogP contribution is -2.01. The lowest BCUT2D eigenvalue weighted by Gasteiger charge is -2.16. The summed E-state index contributed by atoms with van der Waals surface area (Å²) in [5.74, 6) is 0. The molecular formula is C50H36N4. The molecule has 1 N–H and O–H groups in total. The maximum Gasteiger partial charge on any atom is 0.0998 e. The Bertz CT molecular complexity index is 2750. The van der Waals surface area contributed by atoms with Crippen molar-refractivity contribution in [2.75, 3.05) is 0 Å². The van der Waals surface area contributed by atoms with Gasteiger partial charge in [-0.1, -0.05) is 109 Å². The number of benzene rings is 4. The van der Waals surface area contributed by atoms with Crippen molar-refractivity contribution in [3.8, 4) is 45.4 Å². The van der Waals surface area contributed by atoms with Crippen molar-refractivity contribution in [3.05, 3.63) is 197 Å². The monoisotopic (exact) mass is 692 g/mol. The molecule has 54 heavy (non-hydrogen) atoms. The second-order valence-corrected chi connectivity index (χ2v) is 13.4. The first-order valence-electron chi connectivity index (χ1n) is 18.0. The largest absolute Gasteiger partial charge is 0.309 e. The van der Waals surface area contributed by atoms with E-state index in [1.54, 1.807) is 0 Å². The number of fused-ring (bicyclic) bond motifs is 2. The van der Waals surface area contributed by atoms with E-state index < -0.39 is 0 Å². The van der Waals surface area contributed by atoms with E-state index in [4.69, 9.17) is 10.4 Å². The van der Waals surface area contributed by atoms with E-state index in [9.17, 15) is 5.26 Å². The summed E-state index contributed by atoms with van der Waals surface area (Å²) in [6.07, 6.45) is 10.5. The van der Waals surface area contributed by atoms with Crippen molar-refractivity contribution in [2.45, 2.75) is 20.3 Å². The van der Waals surface area contributed by atoms with Gasteiger partial charge in [-0.25, -0.2) is 4.98 Å². The zero-order chi connectivity index (χ0) is 37.2. The van der Waals surface area contributed by atoms with Gasteiger partial charge in [-0.2, -0.15) is 5.26 Å². The van der Waals surface area contributed by atoms with Gasteiger partial charge in [0, 0.05) is 34.3 Å². The molecule has 256 valence electrons. The number of rotatable bonds is 9. The molecule has 0 spiro atoms. The van der Waals surface area contributed by atoms with Crippen LogP contribution in [0.4, 0.5) is 0 Å². The summed E-state index contributed by atoms with van der Waals surface area (Å²) < 4.78 is 2.21. The first-order chi connectivity index (χ1) is 26.5. The van der Waals surface area contributed by atoms with Crippen LogP contribution in [0.1, 0.15) is 40.4 Å². The summed E-state index contributed by atoms with van der Waals surface area (Å²) in [5.41, 5.74) is 16.3. The number of aromatic nitrogens is 2. The van der Waals surface area contributed by atoms with Crippen molar-refractivity contribution in [2.24, 2.45) is 0 Å².